The molecule has 1 heterocycles. The maximum Gasteiger partial charge on any atom is 0.333 e. The molecule has 3 aromatic rings. The van der Waals surface area contributed by atoms with Crippen LogP contribution in [0.4, 0.5) is 11.6 Å². The van der Waals surface area contributed by atoms with Crippen molar-refractivity contribution in [2.45, 2.75) is 48.7 Å². The number of nitrogens with zero attached hydrogens (tertiary/aromatic N) is 1. The molecular formula is C31H39N3O6S2. The van der Waals surface area contributed by atoms with Gasteiger partial charge in [-0.3, -0.25) is 0 Å². The van der Waals surface area contributed by atoms with E-state index in [4.69, 9.17) is 9.47 Å². The molecule has 0 saturated heterocycles. The number of benzene rings is 2. The van der Waals surface area contributed by atoms with Crippen molar-refractivity contribution in [1.82, 2.24) is 4.98 Å². The second-order valence-electron chi connectivity index (χ2n) is 9.22. The number of anilines is 2. The maximum absolute atomic E-state index is 11.3. The summed E-state index contributed by atoms with van der Waals surface area (Å²) in [5, 5.41) is 25.3. The van der Waals surface area contributed by atoms with E-state index in [1.807, 2.05) is 66.7 Å². The van der Waals surface area contributed by atoms with Crippen LogP contribution in [0.2, 0.25) is 0 Å². The second kappa shape index (κ2) is 18.3. The van der Waals surface area contributed by atoms with Crippen LogP contribution in [0.25, 0.3) is 0 Å². The van der Waals surface area contributed by atoms with Gasteiger partial charge in [-0.2, -0.15) is 0 Å². The largest absolute Gasteiger partial charge is 0.479 e. The number of carboxylic acid groups (broad SMARTS) is 2. The highest BCUT2D eigenvalue weighted by Gasteiger charge is 2.18. The van der Waals surface area contributed by atoms with Gasteiger partial charge in [0.25, 0.3) is 0 Å². The van der Waals surface area contributed by atoms with Gasteiger partial charge in [0.2, 0.25) is 0 Å². The summed E-state index contributed by atoms with van der Waals surface area (Å²) in [5.41, 5.74) is 1.87. The molecule has 9 nitrogen and oxygen atoms in total. The van der Waals surface area contributed by atoms with E-state index in [-0.39, 0.29) is 0 Å². The topological polar surface area (TPSA) is 130 Å². The van der Waals surface area contributed by atoms with E-state index in [2.05, 4.69) is 15.6 Å². The molecule has 2 aromatic carbocycles. The summed E-state index contributed by atoms with van der Waals surface area (Å²) in [6, 6.07) is 21.7. The molecule has 0 aliphatic carbocycles. The Morgan fingerprint density at radius 3 is 1.48 bits per heavy atom. The number of aromatic nitrogens is 1. The standard InChI is InChI=1S/C31H39N3O6S2/c1-3-39-26(30(35)36)20-22-8-12-24(13-9-22)41-18-16-32-28-6-5-7-29(34-28)33-17-19-42-25-14-10-23(11-15-25)21-27(31(37)38)40-4-2/h5-15,26-27H,3-4,16-21H2,1-2H3,(H,35,36)(H,37,38)(H2,32,33,34). The number of pyridine rings is 1. The van der Waals surface area contributed by atoms with Crippen molar-refractivity contribution in [3.05, 3.63) is 77.9 Å². The first-order valence-electron chi connectivity index (χ1n) is 13.9. The number of hydrogen-bond acceptors (Lipinski definition) is 9. The van der Waals surface area contributed by atoms with E-state index in [0.717, 1.165) is 57.1 Å². The normalized spacial score (nSPS) is 12.4. The summed E-state index contributed by atoms with van der Waals surface area (Å²) >= 11 is 3.44. The van der Waals surface area contributed by atoms with Crippen molar-refractivity contribution in [2.24, 2.45) is 0 Å². The van der Waals surface area contributed by atoms with Gasteiger partial charge in [-0.1, -0.05) is 30.3 Å². The first-order valence-corrected chi connectivity index (χ1v) is 15.9. The molecule has 11 heteroatoms. The van der Waals surface area contributed by atoms with Crippen LogP contribution in [0.15, 0.2) is 76.5 Å². The van der Waals surface area contributed by atoms with Crippen LogP contribution in [0.3, 0.4) is 0 Å². The Morgan fingerprint density at radius 1 is 0.714 bits per heavy atom. The van der Waals surface area contributed by atoms with E-state index in [9.17, 15) is 19.8 Å². The summed E-state index contributed by atoms with van der Waals surface area (Å²) < 4.78 is 10.6. The third-order valence-corrected chi connectivity index (χ3v) is 8.11. The molecule has 0 fully saturated rings. The van der Waals surface area contributed by atoms with Gasteiger partial charge in [-0.05, 0) is 61.4 Å². The Bertz CT molecular complexity index is 1150. The van der Waals surface area contributed by atoms with Gasteiger partial charge < -0.3 is 30.3 Å². The lowest BCUT2D eigenvalue weighted by atomic mass is 10.1. The number of rotatable bonds is 20. The van der Waals surface area contributed by atoms with Gasteiger partial charge in [0.05, 0.1) is 0 Å². The second-order valence-corrected chi connectivity index (χ2v) is 11.6. The zero-order valence-corrected chi connectivity index (χ0v) is 25.6. The molecule has 42 heavy (non-hydrogen) atoms. The number of hydrogen-bond donors (Lipinski definition) is 4. The van der Waals surface area contributed by atoms with Crippen molar-refractivity contribution < 1.29 is 29.3 Å². The molecule has 226 valence electrons. The van der Waals surface area contributed by atoms with Gasteiger partial charge in [0, 0.05) is 60.4 Å². The average molecular weight is 614 g/mol. The van der Waals surface area contributed by atoms with Gasteiger partial charge in [0.1, 0.15) is 11.6 Å². The first kappa shape index (κ1) is 33.3. The molecule has 2 unspecified atom stereocenters. The monoisotopic (exact) mass is 613 g/mol. The van der Waals surface area contributed by atoms with E-state index < -0.39 is 24.1 Å². The zero-order chi connectivity index (χ0) is 30.2. The zero-order valence-electron chi connectivity index (χ0n) is 24.0. The molecule has 0 aliphatic heterocycles. The van der Waals surface area contributed by atoms with E-state index >= 15 is 0 Å². The lowest BCUT2D eigenvalue weighted by molar-refractivity contribution is -0.150. The molecule has 0 bridgehead atoms. The summed E-state index contributed by atoms with van der Waals surface area (Å²) in [6.45, 7) is 5.83. The number of thioether (sulfide) groups is 2. The fourth-order valence-electron chi connectivity index (χ4n) is 4.04. The molecule has 3 rings (SSSR count). The van der Waals surface area contributed by atoms with Crippen LogP contribution in [0, 0.1) is 0 Å². The van der Waals surface area contributed by atoms with Crippen molar-refractivity contribution in [3.8, 4) is 0 Å². The van der Waals surface area contributed by atoms with Crippen molar-refractivity contribution >= 4 is 47.1 Å². The van der Waals surface area contributed by atoms with Crippen molar-refractivity contribution in [3.63, 3.8) is 0 Å². The Balaban J connectivity index is 1.34. The number of carboxylic acids is 2. The molecule has 0 amide bonds. The molecule has 2 atom stereocenters. The first-order chi connectivity index (χ1) is 20.4. The number of nitrogens with one attached hydrogen (secondary N) is 2. The summed E-state index contributed by atoms with van der Waals surface area (Å²) in [4.78, 5) is 29.5. The molecule has 0 spiro atoms. The van der Waals surface area contributed by atoms with E-state index in [1.54, 1.807) is 37.4 Å². The predicted molar refractivity (Wildman–Crippen MR) is 169 cm³/mol. The average Bonchev–Trinajstić information content (AvgIpc) is 2.99. The SMILES string of the molecule is CCOC(Cc1ccc(SCCNc2cccc(NCCSc3ccc(CC(OCC)C(=O)O)cc3)n2)cc1)C(=O)O. The molecule has 0 aliphatic rings. The molecule has 4 N–H and O–H groups in total. The van der Waals surface area contributed by atoms with Gasteiger partial charge in [-0.15, -0.1) is 23.5 Å². The molecular weight excluding hydrogens is 574 g/mol. The lowest BCUT2D eigenvalue weighted by Gasteiger charge is -2.13. The minimum Gasteiger partial charge on any atom is -0.479 e. The molecule has 0 saturated carbocycles. The summed E-state index contributed by atoms with van der Waals surface area (Å²) in [5.74, 6) is 1.44. The van der Waals surface area contributed by atoms with Crippen LogP contribution in [0.1, 0.15) is 25.0 Å². The Kier molecular flexibility index (Phi) is 14.5. The maximum atomic E-state index is 11.3. The highest BCUT2D eigenvalue weighted by molar-refractivity contribution is 7.99. The minimum absolute atomic E-state index is 0.351. The number of ether oxygens (including phenoxy) is 2. The Labute approximate surface area is 255 Å². The fourth-order valence-corrected chi connectivity index (χ4v) is 5.57. The quantitative estimate of drug-likeness (QED) is 0.0945. The Morgan fingerprint density at radius 2 is 1.12 bits per heavy atom. The number of aliphatic carboxylic acids is 2. The minimum atomic E-state index is -0.941. The summed E-state index contributed by atoms with van der Waals surface area (Å²) in [6.07, 6.45) is -0.938. The fraction of sp³-hybridized carbons (Fsp3) is 0.387. The van der Waals surface area contributed by atoms with Crippen LogP contribution in [-0.4, -0.2) is 77.2 Å². The van der Waals surface area contributed by atoms with Gasteiger partial charge in [-0.25, -0.2) is 14.6 Å². The van der Waals surface area contributed by atoms with Gasteiger partial charge >= 0.3 is 11.9 Å². The van der Waals surface area contributed by atoms with Crippen LogP contribution < -0.4 is 10.6 Å². The smallest absolute Gasteiger partial charge is 0.333 e. The highest BCUT2D eigenvalue weighted by Crippen LogP contribution is 2.21. The molecule has 1 aromatic heterocycles. The third-order valence-electron chi connectivity index (χ3n) is 6.08. The van der Waals surface area contributed by atoms with E-state index in [0.29, 0.717) is 26.1 Å². The van der Waals surface area contributed by atoms with Crippen molar-refractivity contribution in [1.29, 1.82) is 0 Å². The lowest BCUT2D eigenvalue weighted by Crippen LogP contribution is -2.26. The highest BCUT2D eigenvalue weighted by atomic mass is 32.2. The van der Waals surface area contributed by atoms with Crippen LogP contribution >= 0.6 is 23.5 Å². The molecule has 0 radical (unpaired) electrons. The van der Waals surface area contributed by atoms with Crippen molar-refractivity contribution in [2.75, 3.05) is 48.4 Å². The summed E-state index contributed by atoms with van der Waals surface area (Å²) in [7, 11) is 0. The van der Waals surface area contributed by atoms with Gasteiger partial charge in [0.15, 0.2) is 12.2 Å². The van der Waals surface area contributed by atoms with Crippen LogP contribution in [-0.2, 0) is 31.9 Å². The Hall–Kier alpha value is -3.25. The number of carbonyl (C=O) groups is 2. The van der Waals surface area contributed by atoms with E-state index in [1.165, 1.54) is 0 Å². The third kappa shape index (κ3) is 11.9. The predicted octanol–water partition coefficient (Wildman–Crippen LogP) is 5.55. The van der Waals surface area contributed by atoms with Crippen LogP contribution in [0.5, 0.6) is 0 Å².